The van der Waals surface area contributed by atoms with Crippen LogP contribution in [0.3, 0.4) is 0 Å². The van der Waals surface area contributed by atoms with Gasteiger partial charge in [0, 0.05) is 29.6 Å². The highest BCUT2D eigenvalue weighted by Gasteiger charge is 2.35. The van der Waals surface area contributed by atoms with Crippen LogP contribution < -0.4 is 14.4 Å². The molecule has 1 N–H and O–H groups in total. The largest absolute Gasteiger partial charge is 0.492 e. The van der Waals surface area contributed by atoms with Crippen LogP contribution in [0.1, 0.15) is 30.5 Å². The molecule has 0 saturated carbocycles. The quantitative estimate of drug-likeness (QED) is 0.160. The number of para-hydroxylation sites is 2. The van der Waals surface area contributed by atoms with Gasteiger partial charge in [-0.1, -0.05) is 89.4 Å². The van der Waals surface area contributed by atoms with Crippen LogP contribution in [-0.4, -0.2) is 50.9 Å². The van der Waals surface area contributed by atoms with E-state index in [9.17, 15) is 18.0 Å². The molecular weight excluding hydrogens is 645 g/mol. The van der Waals surface area contributed by atoms with Crippen LogP contribution in [0, 0.1) is 6.92 Å². The summed E-state index contributed by atoms with van der Waals surface area (Å²) in [7, 11) is -4.28. The Morgan fingerprint density at radius 2 is 1.57 bits per heavy atom. The summed E-state index contributed by atoms with van der Waals surface area (Å²) >= 11 is 12.7. The zero-order valence-corrected chi connectivity index (χ0v) is 28.3. The first-order chi connectivity index (χ1) is 22.0. The Balaban J connectivity index is 1.85. The highest BCUT2D eigenvalue weighted by molar-refractivity contribution is 7.92. The third-order valence-electron chi connectivity index (χ3n) is 7.30. The lowest BCUT2D eigenvalue weighted by Gasteiger charge is -2.34. The number of likely N-dealkylation sites (N-methyl/N-ethyl adjacent to an activating group) is 1. The summed E-state index contributed by atoms with van der Waals surface area (Å²) in [5.74, 6) is -0.696. The Kier molecular flexibility index (Phi) is 12.1. The monoisotopic (exact) mass is 681 g/mol. The van der Waals surface area contributed by atoms with Gasteiger partial charge in [-0.2, -0.15) is 0 Å². The topological polar surface area (TPSA) is 96.0 Å². The molecular formula is C35H37Cl2N3O5S. The minimum atomic E-state index is -4.28. The van der Waals surface area contributed by atoms with Crippen molar-refractivity contribution in [2.75, 3.05) is 24.0 Å². The van der Waals surface area contributed by atoms with Gasteiger partial charge in [0.25, 0.3) is 10.0 Å². The Morgan fingerprint density at radius 1 is 0.891 bits per heavy atom. The molecule has 0 aliphatic heterocycles. The summed E-state index contributed by atoms with van der Waals surface area (Å²) in [6, 6.07) is 26.3. The molecule has 46 heavy (non-hydrogen) atoms. The Hall–Kier alpha value is -4.05. The summed E-state index contributed by atoms with van der Waals surface area (Å²) in [6.45, 7) is 5.37. The number of anilines is 1. The molecule has 4 aromatic carbocycles. The molecule has 0 spiro atoms. The number of carbonyl (C=O) groups excluding carboxylic acids is 2. The molecule has 0 fully saturated rings. The van der Waals surface area contributed by atoms with Gasteiger partial charge in [0.1, 0.15) is 18.3 Å². The van der Waals surface area contributed by atoms with E-state index in [1.165, 1.54) is 17.0 Å². The smallest absolute Gasteiger partial charge is 0.264 e. The third kappa shape index (κ3) is 8.60. The van der Waals surface area contributed by atoms with Crippen molar-refractivity contribution in [3.63, 3.8) is 0 Å². The highest BCUT2D eigenvalue weighted by Crippen LogP contribution is 2.33. The first-order valence-corrected chi connectivity index (χ1v) is 17.1. The summed E-state index contributed by atoms with van der Waals surface area (Å²) in [6.07, 6.45) is 0.184. The Bertz CT molecular complexity index is 1750. The number of hydrogen-bond donors (Lipinski definition) is 1. The predicted molar refractivity (Wildman–Crippen MR) is 183 cm³/mol. The SMILES string of the molecule is CCNC(=O)[C@@H](Cc1ccccc1)N(Cc1ccc(Cl)cc1Cl)C(=O)CN(c1ccccc1OCC)S(=O)(=O)c1ccc(C)cc1. The van der Waals surface area contributed by atoms with Crippen LogP contribution >= 0.6 is 23.2 Å². The second-order valence-corrected chi connectivity index (χ2v) is 13.3. The lowest BCUT2D eigenvalue weighted by atomic mass is 10.0. The molecule has 8 nitrogen and oxygen atoms in total. The minimum Gasteiger partial charge on any atom is -0.492 e. The molecule has 1 atom stereocenters. The van der Waals surface area contributed by atoms with Crippen LogP contribution in [0.5, 0.6) is 5.75 Å². The van der Waals surface area contributed by atoms with Gasteiger partial charge < -0.3 is 15.0 Å². The molecule has 0 radical (unpaired) electrons. The van der Waals surface area contributed by atoms with Crippen LogP contribution in [-0.2, 0) is 32.6 Å². The van der Waals surface area contributed by atoms with E-state index in [1.807, 2.05) is 37.3 Å². The van der Waals surface area contributed by atoms with Crippen molar-refractivity contribution in [2.24, 2.45) is 0 Å². The maximum atomic E-state index is 14.6. The molecule has 0 aromatic heterocycles. The van der Waals surface area contributed by atoms with Gasteiger partial charge in [0.05, 0.1) is 17.2 Å². The van der Waals surface area contributed by atoms with E-state index in [0.717, 1.165) is 15.4 Å². The van der Waals surface area contributed by atoms with Gasteiger partial charge in [-0.25, -0.2) is 8.42 Å². The van der Waals surface area contributed by atoms with Crippen molar-refractivity contribution in [1.29, 1.82) is 0 Å². The second kappa shape index (κ2) is 16.0. The third-order valence-corrected chi connectivity index (χ3v) is 9.66. The predicted octanol–water partition coefficient (Wildman–Crippen LogP) is 6.67. The molecule has 0 aliphatic carbocycles. The zero-order chi connectivity index (χ0) is 33.3. The number of benzene rings is 4. The van der Waals surface area contributed by atoms with Crippen molar-refractivity contribution in [3.05, 3.63) is 124 Å². The van der Waals surface area contributed by atoms with E-state index < -0.39 is 28.5 Å². The van der Waals surface area contributed by atoms with Gasteiger partial charge in [-0.15, -0.1) is 0 Å². The number of hydrogen-bond acceptors (Lipinski definition) is 5. The first-order valence-electron chi connectivity index (χ1n) is 14.9. The average Bonchev–Trinajstić information content (AvgIpc) is 3.03. The number of rotatable bonds is 14. The van der Waals surface area contributed by atoms with Crippen molar-refractivity contribution < 1.29 is 22.7 Å². The minimum absolute atomic E-state index is 0.00839. The maximum Gasteiger partial charge on any atom is 0.264 e. The van der Waals surface area contributed by atoms with Crippen molar-refractivity contribution in [2.45, 2.75) is 44.7 Å². The van der Waals surface area contributed by atoms with Gasteiger partial charge in [-0.3, -0.25) is 13.9 Å². The lowest BCUT2D eigenvalue weighted by Crippen LogP contribution is -2.53. The van der Waals surface area contributed by atoms with Gasteiger partial charge in [0.2, 0.25) is 11.8 Å². The standard InChI is InChI=1S/C35H37Cl2N3O5S/c1-4-38-35(42)32(21-26-11-7-6-8-12-26)39(23-27-17-18-28(36)22-30(27)37)34(41)24-40(31-13-9-10-14-33(31)45-5-2)46(43,44)29-19-15-25(3)16-20-29/h6-20,22,32H,4-5,21,23-24H2,1-3H3,(H,38,42)/t32-/m1/s1. The molecule has 0 saturated heterocycles. The van der Waals surface area contributed by atoms with E-state index >= 15 is 0 Å². The molecule has 2 amide bonds. The summed E-state index contributed by atoms with van der Waals surface area (Å²) < 4.78 is 35.4. The van der Waals surface area contributed by atoms with Gasteiger partial charge in [-0.05, 0) is 68.3 Å². The molecule has 0 aliphatic rings. The van der Waals surface area contributed by atoms with E-state index in [1.54, 1.807) is 68.4 Å². The number of halogens is 2. The maximum absolute atomic E-state index is 14.6. The normalized spacial score (nSPS) is 11.8. The van der Waals surface area contributed by atoms with Crippen LogP contribution in [0.15, 0.2) is 102 Å². The Labute approximate surface area is 280 Å². The van der Waals surface area contributed by atoms with E-state index in [4.69, 9.17) is 27.9 Å². The van der Waals surface area contributed by atoms with Crippen LogP contribution in [0.4, 0.5) is 5.69 Å². The van der Waals surface area contributed by atoms with Gasteiger partial charge >= 0.3 is 0 Å². The van der Waals surface area contributed by atoms with Gasteiger partial charge in [0.15, 0.2) is 0 Å². The number of ether oxygens (including phenoxy) is 1. The number of sulfonamides is 1. The van der Waals surface area contributed by atoms with Crippen molar-refractivity contribution in [3.8, 4) is 5.75 Å². The number of nitrogens with zero attached hydrogens (tertiary/aromatic N) is 2. The van der Waals surface area contributed by atoms with Crippen LogP contribution in [0.25, 0.3) is 0 Å². The zero-order valence-electron chi connectivity index (χ0n) is 26.0. The average molecular weight is 683 g/mol. The molecule has 0 unspecified atom stereocenters. The second-order valence-electron chi connectivity index (χ2n) is 10.6. The number of nitrogens with one attached hydrogen (secondary N) is 1. The van der Waals surface area contributed by atoms with E-state index in [2.05, 4.69) is 5.32 Å². The fourth-order valence-electron chi connectivity index (χ4n) is 4.97. The Morgan fingerprint density at radius 3 is 2.22 bits per heavy atom. The molecule has 4 rings (SSSR count). The summed E-state index contributed by atoms with van der Waals surface area (Å²) in [4.78, 5) is 29.6. The fraction of sp³-hybridized carbons (Fsp3) is 0.257. The summed E-state index contributed by atoms with van der Waals surface area (Å²) in [5.41, 5.74) is 2.45. The molecule has 0 bridgehead atoms. The molecule has 4 aromatic rings. The number of carbonyl (C=O) groups is 2. The highest BCUT2D eigenvalue weighted by atomic mass is 35.5. The number of amides is 2. The first kappa shape index (κ1) is 34.8. The van der Waals surface area contributed by atoms with E-state index in [-0.39, 0.29) is 36.1 Å². The molecule has 242 valence electrons. The molecule has 11 heteroatoms. The summed E-state index contributed by atoms with van der Waals surface area (Å²) in [5, 5.41) is 3.57. The van der Waals surface area contributed by atoms with Crippen molar-refractivity contribution >= 4 is 50.7 Å². The van der Waals surface area contributed by atoms with Crippen LogP contribution in [0.2, 0.25) is 10.0 Å². The lowest BCUT2D eigenvalue weighted by molar-refractivity contribution is -0.140. The van der Waals surface area contributed by atoms with Crippen molar-refractivity contribution in [1.82, 2.24) is 10.2 Å². The molecule has 0 heterocycles. The fourth-order valence-corrected chi connectivity index (χ4v) is 6.86. The number of aryl methyl sites for hydroxylation is 1. The van der Waals surface area contributed by atoms with E-state index in [0.29, 0.717) is 27.9 Å².